The second-order valence-electron chi connectivity index (χ2n) is 11.4. The van der Waals surface area contributed by atoms with Gasteiger partial charge < -0.3 is 30.3 Å². The molecule has 0 aromatic heterocycles. The van der Waals surface area contributed by atoms with Crippen LogP contribution in [0.3, 0.4) is 0 Å². The average molecular weight is 551 g/mol. The van der Waals surface area contributed by atoms with Crippen molar-refractivity contribution in [1.82, 2.24) is 9.80 Å². The molecule has 4 rings (SSSR count). The summed E-state index contributed by atoms with van der Waals surface area (Å²) in [5.74, 6) is 0.0921. The number of hydrogen-bond acceptors (Lipinski definition) is 6. The third kappa shape index (κ3) is 7.42. The molecule has 2 aromatic rings. The lowest BCUT2D eigenvalue weighted by atomic mass is 9.80. The Hall–Kier alpha value is -2.94. The summed E-state index contributed by atoms with van der Waals surface area (Å²) in [5, 5.41) is 10.7. The number of anilines is 1. The summed E-state index contributed by atoms with van der Waals surface area (Å²) < 4.78 is 5.56. The minimum atomic E-state index is -0.617. The van der Waals surface area contributed by atoms with E-state index in [1.807, 2.05) is 47.4 Å². The first-order valence-electron chi connectivity index (χ1n) is 14.7. The van der Waals surface area contributed by atoms with Gasteiger partial charge in [-0.2, -0.15) is 0 Å². The number of aliphatic hydroxyl groups is 1. The number of amides is 2. The van der Waals surface area contributed by atoms with Crippen molar-refractivity contribution in [2.24, 2.45) is 11.1 Å². The molecule has 40 heavy (non-hydrogen) atoms. The molecular weight excluding hydrogens is 504 g/mol. The predicted molar refractivity (Wildman–Crippen MR) is 158 cm³/mol. The highest BCUT2D eigenvalue weighted by Crippen LogP contribution is 2.40. The van der Waals surface area contributed by atoms with Crippen molar-refractivity contribution in [2.45, 2.75) is 58.6 Å². The van der Waals surface area contributed by atoms with E-state index in [1.54, 1.807) is 4.90 Å². The number of ether oxygens (including phenoxy) is 1. The minimum Gasteiger partial charge on any atom is -0.391 e. The molecule has 3 N–H and O–H groups in total. The minimum absolute atomic E-state index is 0.0921. The van der Waals surface area contributed by atoms with Gasteiger partial charge >= 0.3 is 0 Å². The second-order valence-corrected chi connectivity index (χ2v) is 11.4. The van der Waals surface area contributed by atoms with Gasteiger partial charge in [-0.15, -0.1) is 0 Å². The zero-order valence-electron chi connectivity index (χ0n) is 24.2. The Morgan fingerprint density at radius 2 is 1.90 bits per heavy atom. The van der Waals surface area contributed by atoms with Crippen LogP contribution in [-0.4, -0.2) is 85.8 Å². The molecule has 8 nitrogen and oxygen atoms in total. The maximum atomic E-state index is 13.5. The lowest BCUT2D eigenvalue weighted by Gasteiger charge is -2.33. The van der Waals surface area contributed by atoms with Crippen molar-refractivity contribution in [3.63, 3.8) is 0 Å². The summed E-state index contributed by atoms with van der Waals surface area (Å²) >= 11 is 0. The normalized spacial score (nSPS) is 17.1. The summed E-state index contributed by atoms with van der Waals surface area (Å²) in [7, 11) is 0. The smallest absolute Gasteiger partial charge is 0.253 e. The number of rotatable bonds is 13. The molecule has 2 fully saturated rings. The summed E-state index contributed by atoms with van der Waals surface area (Å²) in [4.78, 5) is 31.2. The summed E-state index contributed by atoms with van der Waals surface area (Å²) in [6.45, 7) is 9.93. The first kappa shape index (κ1) is 30.0. The maximum absolute atomic E-state index is 13.5. The molecule has 0 bridgehead atoms. The van der Waals surface area contributed by atoms with E-state index in [9.17, 15) is 14.7 Å². The van der Waals surface area contributed by atoms with Gasteiger partial charge in [-0.05, 0) is 80.2 Å². The van der Waals surface area contributed by atoms with E-state index < -0.39 is 6.10 Å². The van der Waals surface area contributed by atoms with Crippen molar-refractivity contribution in [2.75, 3.05) is 57.4 Å². The van der Waals surface area contributed by atoms with Gasteiger partial charge in [0.05, 0.1) is 6.10 Å². The molecule has 8 heteroatoms. The van der Waals surface area contributed by atoms with Crippen LogP contribution in [0.5, 0.6) is 0 Å². The molecule has 2 amide bonds. The van der Waals surface area contributed by atoms with Crippen LogP contribution in [0, 0.1) is 12.3 Å². The molecule has 0 aliphatic carbocycles. The lowest BCUT2D eigenvalue weighted by Crippen LogP contribution is -2.39. The molecule has 2 heterocycles. The van der Waals surface area contributed by atoms with Crippen molar-refractivity contribution >= 4 is 18.0 Å². The van der Waals surface area contributed by atoms with E-state index in [0.717, 1.165) is 80.9 Å². The molecular formula is C32H46N4O4. The molecule has 0 saturated carbocycles. The van der Waals surface area contributed by atoms with Gasteiger partial charge in [-0.25, -0.2) is 0 Å². The molecule has 1 unspecified atom stereocenters. The number of likely N-dealkylation sites (tertiary alicyclic amines) is 1. The number of hydrogen-bond donors (Lipinski definition) is 2. The SMILES string of the molecule is CCN(CCN(C=O)CC(O)CCc1ccccc1CN)c1cc(C(=O)N2CCC3(CCOCC3)C2)ccc1C. The van der Waals surface area contributed by atoms with E-state index in [-0.39, 0.29) is 17.9 Å². The van der Waals surface area contributed by atoms with Gasteiger partial charge in [0.2, 0.25) is 6.41 Å². The van der Waals surface area contributed by atoms with E-state index in [1.165, 1.54) is 0 Å². The van der Waals surface area contributed by atoms with Gasteiger partial charge in [0.15, 0.2) is 0 Å². The highest BCUT2D eigenvalue weighted by atomic mass is 16.5. The Bertz CT molecular complexity index is 1130. The molecule has 2 aliphatic rings. The van der Waals surface area contributed by atoms with E-state index in [4.69, 9.17) is 10.5 Å². The Balaban J connectivity index is 1.33. The number of aryl methyl sites for hydroxylation is 2. The predicted octanol–water partition coefficient (Wildman–Crippen LogP) is 3.37. The van der Waals surface area contributed by atoms with E-state index in [0.29, 0.717) is 38.0 Å². The Morgan fingerprint density at radius 3 is 2.60 bits per heavy atom. The Morgan fingerprint density at radius 1 is 1.15 bits per heavy atom. The first-order valence-corrected chi connectivity index (χ1v) is 14.7. The van der Waals surface area contributed by atoms with Crippen LogP contribution in [0.4, 0.5) is 5.69 Å². The monoisotopic (exact) mass is 550 g/mol. The number of aliphatic hydroxyl groups excluding tert-OH is 1. The third-order valence-electron chi connectivity index (χ3n) is 8.79. The van der Waals surface area contributed by atoms with Crippen molar-refractivity contribution in [1.29, 1.82) is 0 Å². The quantitative estimate of drug-likeness (QED) is 0.371. The number of nitrogens with zero attached hydrogens (tertiary/aromatic N) is 3. The summed E-state index contributed by atoms with van der Waals surface area (Å²) in [6, 6.07) is 14.0. The largest absolute Gasteiger partial charge is 0.391 e. The highest BCUT2D eigenvalue weighted by Gasteiger charge is 2.41. The van der Waals surface area contributed by atoms with Crippen LogP contribution in [0.25, 0.3) is 0 Å². The topological polar surface area (TPSA) is 99.3 Å². The first-order chi connectivity index (χ1) is 19.4. The van der Waals surface area contributed by atoms with Crippen molar-refractivity contribution in [3.8, 4) is 0 Å². The van der Waals surface area contributed by atoms with E-state index >= 15 is 0 Å². The Labute approximate surface area is 239 Å². The molecule has 2 aromatic carbocycles. The highest BCUT2D eigenvalue weighted by molar-refractivity contribution is 5.95. The average Bonchev–Trinajstić information content (AvgIpc) is 3.39. The zero-order chi connectivity index (χ0) is 28.5. The summed E-state index contributed by atoms with van der Waals surface area (Å²) in [5.41, 5.74) is 11.1. The van der Waals surface area contributed by atoms with Crippen molar-refractivity contribution in [3.05, 3.63) is 64.7 Å². The number of likely N-dealkylation sites (N-methyl/N-ethyl adjacent to an activating group) is 1. The van der Waals surface area contributed by atoms with Gasteiger partial charge in [0.25, 0.3) is 5.91 Å². The molecule has 2 saturated heterocycles. The van der Waals surface area contributed by atoms with E-state index in [2.05, 4.69) is 18.7 Å². The number of nitrogens with two attached hydrogens (primary N) is 1. The van der Waals surface area contributed by atoms with Crippen LogP contribution in [0.1, 0.15) is 59.7 Å². The van der Waals surface area contributed by atoms with Crippen LogP contribution in [0.15, 0.2) is 42.5 Å². The molecule has 0 radical (unpaired) electrons. The van der Waals surface area contributed by atoms with Crippen LogP contribution >= 0.6 is 0 Å². The standard InChI is InChI=1S/C32H46N4O4/c1-3-35(17-16-34(24-37)22-29(38)11-10-26-6-4-5-7-28(26)21-33)30-20-27(9-8-25(30)2)31(39)36-15-12-32(23-36)13-18-40-19-14-32/h4-9,20,24,29,38H,3,10-19,21-23,33H2,1-2H3. The summed E-state index contributed by atoms with van der Waals surface area (Å²) in [6.07, 6.45) is 4.59. The van der Waals surface area contributed by atoms with Crippen molar-refractivity contribution < 1.29 is 19.4 Å². The molecule has 1 spiro atoms. The molecule has 2 aliphatic heterocycles. The second kappa shape index (κ2) is 14.1. The Kier molecular flexibility index (Phi) is 10.6. The van der Waals surface area contributed by atoms with Crippen LogP contribution in [-0.2, 0) is 22.5 Å². The maximum Gasteiger partial charge on any atom is 0.253 e. The zero-order valence-corrected chi connectivity index (χ0v) is 24.2. The van der Waals surface area contributed by atoms with Gasteiger partial charge in [-0.3, -0.25) is 9.59 Å². The van der Waals surface area contributed by atoms with Gasteiger partial charge in [-0.1, -0.05) is 30.3 Å². The number of carbonyl (C=O) groups excluding carboxylic acids is 2. The fourth-order valence-corrected chi connectivity index (χ4v) is 6.16. The van der Waals surface area contributed by atoms with Crippen LogP contribution < -0.4 is 10.6 Å². The third-order valence-corrected chi connectivity index (χ3v) is 8.79. The molecule has 1 atom stereocenters. The van der Waals surface area contributed by atoms with Gasteiger partial charge in [0, 0.05) is 70.3 Å². The lowest BCUT2D eigenvalue weighted by molar-refractivity contribution is -0.119. The van der Waals surface area contributed by atoms with Crippen LogP contribution in [0.2, 0.25) is 0 Å². The fourth-order valence-electron chi connectivity index (χ4n) is 6.16. The number of benzene rings is 2. The van der Waals surface area contributed by atoms with Gasteiger partial charge in [0.1, 0.15) is 0 Å². The fraction of sp³-hybridized carbons (Fsp3) is 0.562. The number of carbonyl (C=O) groups is 2. The molecule has 218 valence electrons.